The molecule has 1 aromatic rings. The fraction of sp³-hybridized carbons (Fsp3) is 0.385. The third-order valence-electron chi connectivity index (χ3n) is 2.75. The van der Waals surface area contributed by atoms with E-state index < -0.39 is 14.9 Å². The molecule has 1 aromatic carbocycles. The van der Waals surface area contributed by atoms with Gasteiger partial charge in [0.15, 0.2) is 5.11 Å². The Labute approximate surface area is 159 Å². The van der Waals surface area contributed by atoms with E-state index in [1.54, 1.807) is 13.8 Å². The van der Waals surface area contributed by atoms with E-state index in [1.165, 1.54) is 24.3 Å². The number of nitrogens with zero attached hydrogens (tertiary/aromatic N) is 1. The van der Waals surface area contributed by atoms with Crippen LogP contribution in [0.15, 0.2) is 24.3 Å². The van der Waals surface area contributed by atoms with Crippen LogP contribution in [0.1, 0.15) is 13.8 Å². The average Bonchev–Trinajstić information content (AvgIpc) is 2.45. The molecule has 0 aliphatic carbocycles. The first-order valence-corrected chi connectivity index (χ1v) is 8.24. The minimum atomic E-state index is -1.84. The predicted octanol–water partition coefficient (Wildman–Crippen LogP) is 3.35. The summed E-state index contributed by atoms with van der Waals surface area (Å²) in [7, 11) is 0. The second kappa shape index (κ2) is 8.66. The number of hydrogen-bond acceptors (Lipinski definition) is 4. The summed E-state index contributed by atoms with van der Waals surface area (Å²) in [6, 6.07) is 5.59. The van der Waals surface area contributed by atoms with Crippen molar-refractivity contribution in [2.45, 2.75) is 23.8 Å². The van der Waals surface area contributed by atoms with Crippen LogP contribution in [-0.2, 0) is 4.79 Å². The number of nitro groups is 1. The Morgan fingerprint density at radius 2 is 1.75 bits per heavy atom. The van der Waals surface area contributed by atoms with Gasteiger partial charge in [-0.05, 0) is 24.4 Å². The summed E-state index contributed by atoms with van der Waals surface area (Å²) < 4.78 is -1.84. The summed E-state index contributed by atoms with van der Waals surface area (Å²) in [5.41, 5.74) is 0.444. The van der Waals surface area contributed by atoms with E-state index in [4.69, 9.17) is 47.0 Å². The lowest BCUT2D eigenvalue weighted by Crippen LogP contribution is -2.56. The number of rotatable bonds is 5. The van der Waals surface area contributed by atoms with Crippen molar-refractivity contribution in [3.63, 3.8) is 0 Å². The van der Waals surface area contributed by atoms with Gasteiger partial charge in [0.2, 0.25) is 9.70 Å². The summed E-state index contributed by atoms with van der Waals surface area (Å²) in [5, 5.41) is 18.7. The third-order valence-corrected chi connectivity index (χ3v) is 3.62. The van der Waals surface area contributed by atoms with Gasteiger partial charge >= 0.3 is 0 Å². The molecule has 132 valence electrons. The number of benzene rings is 1. The van der Waals surface area contributed by atoms with Crippen LogP contribution >= 0.6 is 47.0 Å². The standard InChI is InChI=1S/C13H15Cl3N4O3S/c1-7(2)10(21)18-11(13(14,15)16)19-12(24)17-8-3-5-9(6-4-8)20(22)23/h3-7,11H,1-2H3,(H,18,21)(H2,17,19,24)/t11-/m1/s1. The topological polar surface area (TPSA) is 96.3 Å². The van der Waals surface area contributed by atoms with Crippen molar-refractivity contribution in [1.29, 1.82) is 0 Å². The molecule has 0 aliphatic heterocycles. The predicted molar refractivity (Wildman–Crippen MR) is 99.5 cm³/mol. The van der Waals surface area contributed by atoms with Crippen LogP contribution in [-0.4, -0.2) is 25.9 Å². The molecule has 0 saturated carbocycles. The molecule has 1 rings (SSSR count). The maximum atomic E-state index is 11.8. The molecule has 0 spiro atoms. The van der Waals surface area contributed by atoms with Crippen LogP contribution < -0.4 is 16.0 Å². The van der Waals surface area contributed by atoms with Gasteiger partial charge in [-0.15, -0.1) is 0 Å². The number of thiocarbonyl (C=S) groups is 1. The number of carbonyl (C=O) groups excluding carboxylic acids is 1. The summed E-state index contributed by atoms with van der Waals surface area (Å²) >= 11 is 22.6. The summed E-state index contributed by atoms with van der Waals surface area (Å²) in [4.78, 5) is 21.9. The van der Waals surface area contributed by atoms with Gasteiger partial charge in [-0.1, -0.05) is 48.7 Å². The molecule has 7 nitrogen and oxygen atoms in total. The van der Waals surface area contributed by atoms with Gasteiger partial charge in [-0.3, -0.25) is 14.9 Å². The van der Waals surface area contributed by atoms with Crippen molar-refractivity contribution in [3.8, 4) is 0 Å². The molecule has 0 aromatic heterocycles. The van der Waals surface area contributed by atoms with Crippen molar-refractivity contribution in [2.75, 3.05) is 5.32 Å². The normalized spacial score (nSPS) is 12.4. The van der Waals surface area contributed by atoms with Crippen LogP contribution in [0.2, 0.25) is 0 Å². The molecular weight excluding hydrogens is 399 g/mol. The van der Waals surface area contributed by atoms with Crippen molar-refractivity contribution in [1.82, 2.24) is 10.6 Å². The Bertz CT molecular complexity index is 620. The quantitative estimate of drug-likeness (QED) is 0.225. The number of alkyl halides is 3. The highest BCUT2D eigenvalue weighted by molar-refractivity contribution is 7.80. The molecule has 11 heteroatoms. The minimum Gasteiger partial charge on any atom is -0.339 e. The van der Waals surface area contributed by atoms with Crippen molar-refractivity contribution in [2.24, 2.45) is 5.92 Å². The first-order valence-electron chi connectivity index (χ1n) is 6.69. The fourth-order valence-corrected chi connectivity index (χ4v) is 2.04. The van der Waals surface area contributed by atoms with E-state index in [0.29, 0.717) is 5.69 Å². The van der Waals surface area contributed by atoms with E-state index >= 15 is 0 Å². The van der Waals surface area contributed by atoms with Gasteiger partial charge in [-0.2, -0.15) is 0 Å². The highest BCUT2D eigenvalue weighted by Gasteiger charge is 2.35. The molecule has 1 amide bonds. The van der Waals surface area contributed by atoms with Crippen LogP contribution in [0.4, 0.5) is 11.4 Å². The fourth-order valence-electron chi connectivity index (χ4n) is 1.47. The molecule has 0 radical (unpaired) electrons. The van der Waals surface area contributed by atoms with Gasteiger partial charge in [0.1, 0.15) is 6.17 Å². The Kier molecular flexibility index (Phi) is 7.47. The SMILES string of the molecule is CC(C)C(=O)N[C@H](NC(=S)Nc1ccc([N+](=O)[O-])cc1)C(Cl)(Cl)Cl. The Hall–Kier alpha value is -1.35. The number of non-ortho nitro benzene ring substituents is 1. The Balaban J connectivity index is 2.74. The number of amides is 1. The molecule has 0 aliphatic rings. The zero-order valence-electron chi connectivity index (χ0n) is 12.7. The second-order valence-electron chi connectivity index (χ2n) is 5.04. The van der Waals surface area contributed by atoms with Gasteiger partial charge in [-0.25, -0.2) is 0 Å². The third kappa shape index (κ3) is 6.64. The maximum absolute atomic E-state index is 11.8. The Morgan fingerprint density at radius 3 is 2.17 bits per heavy atom. The van der Waals surface area contributed by atoms with Crippen LogP contribution in [0.25, 0.3) is 0 Å². The smallest absolute Gasteiger partial charge is 0.269 e. The summed E-state index contributed by atoms with van der Waals surface area (Å²) in [6.45, 7) is 3.39. The van der Waals surface area contributed by atoms with Gasteiger partial charge < -0.3 is 16.0 Å². The van der Waals surface area contributed by atoms with E-state index in [0.717, 1.165) is 0 Å². The summed E-state index contributed by atoms with van der Waals surface area (Å²) in [5.74, 6) is -0.630. The van der Waals surface area contributed by atoms with E-state index in [2.05, 4.69) is 16.0 Å². The molecule has 1 atom stereocenters. The molecule has 0 heterocycles. The second-order valence-corrected chi connectivity index (χ2v) is 7.82. The van der Waals surface area contributed by atoms with Crippen molar-refractivity contribution >= 4 is 69.4 Å². The number of nitrogens with one attached hydrogen (secondary N) is 3. The van der Waals surface area contributed by atoms with E-state index in [-0.39, 0.29) is 22.6 Å². The minimum absolute atomic E-state index is 0.0530. The molecule has 24 heavy (non-hydrogen) atoms. The largest absolute Gasteiger partial charge is 0.339 e. The number of carbonyl (C=O) groups is 1. The molecule has 0 fully saturated rings. The van der Waals surface area contributed by atoms with Crippen LogP contribution in [0.3, 0.4) is 0 Å². The number of halogens is 3. The molecule has 0 saturated heterocycles. The van der Waals surface area contributed by atoms with E-state index in [1.807, 2.05) is 0 Å². The number of hydrogen-bond donors (Lipinski definition) is 3. The first kappa shape index (κ1) is 20.7. The monoisotopic (exact) mass is 412 g/mol. The molecular formula is C13H15Cl3N4O3S. The zero-order valence-corrected chi connectivity index (χ0v) is 15.8. The highest BCUT2D eigenvalue weighted by atomic mass is 35.6. The first-order chi connectivity index (χ1) is 11.0. The van der Waals surface area contributed by atoms with E-state index in [9.17, 15) is 14.9 Å². The zero-order chi connectivity index (χ0) is 18.5. The highest BCUT2D eigenvalue weighted by Crippen LogP contribution is 2.29. The molecule has 3 N–H and O–H groups in total. The maximum Gasteiger partial charge on any atom is 0.269 e. The van der Waals surface area contributed by atoms with Gasteiger partial charge in [0.25, 0.3) is 5.69 Å². The van der Waals surface area contributed by atoms with Crippen molar-refractivity contribution < 1.29 is 9.72 Å². The van der Waals surface area contributed by atoms with Crippen LogP contribution in [0.5, 0.6) is 0 Å². The molecule has 0 unspecified atom stereocenters. The van der Waals surface area contributed by atoms with Gasteiger partial charge in [0.05, 0.1) is 4.92 Å². The summed E-state index contributed by atoms with van der Waals surface area (Å²) in [6.07, 6.45) is -1.06. The Morgan fingerprint density at radius 1 is 1.21 bits per heavy atom. The average molecular weight is 414 g/mol. The van der Waals surface area contributed by atoms with Crippen molar-refractivity contribution in [3.05, 3.63) is 34.4 Å². The van der Waals surface area contributed by atoms with Gasteiger partial charge in [0, 0.05) is 23.7 Å². The lowest BCUT2D eigenvalue weighted by atomic mass is 10.2. The molecule has 0 bridgehead atoms. The van der Waals surface area contributed by atoms with Crippen LogP contribution in [0, 0.1) is 16.0 Å². The number of anilines is 1. The lowest BCUT2D eigenvalue weighted by molar-refractivity contribution is -0.384. The lowest BCUT2D eigenvalue weighted by Gasteiger charge is -2.28. The number of nitro benzene ring substituents is 1.